The fourth-order valence-corrected chi connectivity index (χ4v) is 7.04. The van der Waals surface area contributed by atoms with E-state index in [1.807, 2.05) is 6.08 Å². The molecule has 3 rings (SSSR count). The van der Waals surface area contributed by atoms with Gasteiger partial charge < -0.3 is 9.84 Å². The molecule has 2 unspecified atom stereocenters. The van der Waals surface area contributed by atoms with Gasteiger partial charge >= 0.3 is 5.97 Å². The SMILES string of the molecule is COC(=O)CSCCCSC1C(=O)CC[C@@H]1C=CC(O)CCc1cc2ccccc2s1. The summed E-state index contributed by atoms with van der Waals surface area (Å²) in [5, 5.41) is 11.7. The minimum absolute atomic E-state index is 0.00310. The van der Waals surface area contributed by atoms with Crippen LogP contribution < -0.4 is 0 Å². The van der Waals surface area contributed by atoms with Gasteiger partial charge in [-0.05, 0) is 60.6 Å². The van der Waals surface area contributed by atoms with E-state index in [0.717, 1.165) is 30.8 Å². The molecule has 168 valence electrons. The lowest BCUT2D eigenvalue weighted by molar-refractivity contribution is -0.137. The molecule has 1 aromatic carbocycles. The van der Waals surface area contributed by atoms with Gasteiger partial charge in [-0.1, -0.05) is 30.4 Å². The third-order valence-electron chi connectivity index (χ3n) is 5.35. The van der Waals surface area contributed by atoms with Crippen LogP contribution in [0.5, 0.6) is 0 Å². The topological polar surface area (TPSA) is 63.6 Å². The average molecular weight is 479 g/mol. The smallest absolute Gasteiger partial charge is 0.315 e. The Morgan fingerprint density at radius 2 is 2.19 bits per heavy atom. The van der Waals surface area contributed by atoms with Gasteiger partial charge in [-0.25, -0.2) is 0 Å². The highest BCUT2D eigenvalue weighted by molar-refractivity contribution is 8.01. The van der Waals surface area contributed by atoms with Crippen LogP contribution in [0.1, 0.15) is 30.6 Å². The number of hydrogen-bond donors (Lipinski definition) is 1. The lowest BCUT2D eigenvalue weighted by Gasteiger charge is -2.15. The Morgan fingerprint density at radius 1 is 1.35 bits per heavy atom. The Morgan fingerprint density at radius 3 is 3.00 bits per heavy atom. The summed E-state index contributed by atoms with van der Waals surface area (Å²) in [6.07, 6.45) is 7.47. The molecule has 1 aliphatic carbocycles. The van der Waals surface area contributed by atoms with Crippen LogP contribution in [0.15, 0.2) is 42.5 Å². The van der Waals surface area contributed by atoms with Crippen LogP contribution in [0, 0.1) is 5.92 Å². The van der Waals surface area contributed by atoms with Crippen molar-refractivity contribution in [3.63, 3.8) is 0 Å². The van der Waals surface area contributed by atoms with E-state index in [-0.39, 0.29) is 17.1 Å². The molecule has 1 N–H and O–H groups in total. The monoisotopic (exact) mass is 478 g/mol. The average Bonchev–Trinajstić information content (AvgIpc) is 3.35. The van der Waals surface area contributed by atoms with Gasteiger partial charge in [0.25, 0.3) is 0 Å². The third kappa shape index (κ3) is 7.67. The minimum Gasteiger partial charge on any atom is -0.468 e. The molecule has 1 aliphatic rings. The zero-order valence-corrected chi connectivity index (χ0v) is 20.3. The number of ether oxygens (including phenoxy) is 1. The molecule has 0 amide bonds. The minimum atomic E-state index is -0.485. The highest BCUT2D eigenvalue weighted by atomic mass is 32.2. The first-order chi connectivity index (χ1) is 15.1. The Bertz CT molecular complexity index is 859. The largest absolute Gasteiger partial charge is 0.468 e. The van der Waals surface area contributed by atoms with Crippen LogP contribution in [-0.2, 0) is 20.7 Å². The number of Topliss-reactive ketones (excluding diaryl/α,β-unsaturated/α-hetero) is 1. The zero-order valence-electron chi connectivity index (χ0n) is 17.8. The number of aliphatic hydroxyl groups is 1. The fraction of sp³-hybridized carbons (Fsp3) is 0.500. The van der Waals surface area contributed by atoms with Gasteiger partial charge in [-0.2, -0.15) is 11.8 Å². The van der Waals surface area contributed by atoms with Gasteiger partial charge in [0, 0.05) is 16.0 Å². The van der Waals surface area contributed by atoms with Gasteiger partial charge in [0.05, 0.1) is 24.2 Å². The lowest BCUT2D eigenvalue weighted by atomic mass is 10.0. The molecule has 0 bridgehead atoms. The standard InChI is InChI=1S/C24H30O4S3/c1-28-23(27)16-29-13-4-14-30-24-17(8-12-21(24)26)7-9-19(25)10-11-20-15-18-5-2-3-6-22(18)31-20/h2-3,5-7,9,15,17,19,24-25H,4,8,10-14,16H2,1H3/t17-,19?,24?/m0/s1. The Kier molecular flexibility index (Phi) is 9.96. The number of esters is 1. The number of aliphatic hydroxyl groups excluding tert-OH is 1. The molecule has 3 atom stereocenters. The summed E-state index contributed by atoms with van der Waals surface area (Å²) in [7, 11) is 1.40. The second kappa shape index (κ2) is 12.7. The number of thioether (sulfide) groups is 2. The molecule has 1 heterocycles. The van der Waals surface area contributed by atoms with Gasteiger partial charge in [0.15, 0.2) is 0 Å². The van der Waals surface area contributed by atoms with Crippen LogP contribution in [0.2, 0.25) is 0 Å². The second-order valence-corrected chi connectivity index (χ2v) is 11.2. The molecule has 0 spiro atoms. The third-order valence-corrected chi connectivity index (χ3v) is 9.04. The number of carbonyl (C=O) groups excluding carboxylic acids is 2. The molecule has 1 fully saturated rings. The molecule has 7 heteroatoms. The Hall–Kier alpha value is -1.28. The van der Waals surface area contributed by atoms with Crippen LogP contribution in [-0.4, -0.2) is 52.6 Å². The van der Waals surface area contributed by atoms with E-state index in [1.165, 1.54) is 22.1 Å². The van der Waals surface area contributed by atoms with Crippen LogP contribution in [0.25, 0.3) is 10.1 Å². The lowest BCUT2D eigenvalue weighted by Crippen LogP contribution is -2.17. The first-order valence-electron chi connectivity index (χ1n) is 10.7. The maximum atomic E-state index is 12.3. The molecule has 4 nitrogen and oxygen atoms in total. The summed E-state index contributed by atoms with van der Waals surface area (Å²) in [5.41, 5.74) is 0. The van der Waals surface area contributed by atoms with E-state index in [1.54, 1.807) is 34.9 Å². The zero-order chi connectivity index (χ0) is 22.1. The van der Waals surface area contributed by atoms with Crippen molar-refractivity contribution in [2.45, 2.75) is 43.5 Å². The van der Waals surface area contributed by atoms with E-state index < -0.39 is 6.10 Å². The fourth-order valence-electron chi connectivity index (χ4n) is 3.66. The number of hydrogen-bond acceptors (Lipinski definition) is 7. The summed E-state index contributed by atoms with van der Waals surface area (Å²) in [5.74, 6) is 2.51. The highest BCUT2D eigenvalue weighted by Crippen LogP contribution is 2.34. The van der Waals surface area contributed by atoms with Crippen molar-refractivity contribution in [2.75, 3.05) is 24.4 Å². The predicted molar refractivity (Wildman–Crippen MR) is 133 cm³/mol. The maximum Gasteiger partial charge on any atom is 0.315 e. The first kappa shape index (κ1) is 24.4. The first-order valence-corrected chi connectivity index (χ1v) is 13.7. The van der Waals surface area contributed by atoms with Crippen molar-refractivity contribution >= 4 is 56.7 Å². The van der Waals surface area contributed by atoms with Crippen molar-refractivity contribution in [2.24, 2.45) is 5.92 Å². The number of allylic oxidation sites excluding steroid dienone is 1. The van der Waals surface area contributed by atoms with Crippen molar-refractivity contribution < 1.29 is 19.4 Å². The van der Waals surface area contributed by atoms with Crippen molar-refractivity contribution in [3.05, 3.63) is 47.4 Å². The summed E-state index contributed by atoms with van der Waals surface area (Å²) in [4.78, 5) is 24.7. The van der Waals surface area contributed by atoms with Crippen LogP contribution in [0.3, 0.4) is 0 Å². The van der Waals surface area contributed by atoms with Crippen molar-refractivity contribution in [1.29, 1.82) is 0 Å². The number of rotatable bonds is 12. The van der Waals surface area contributed by atoms with Crippen molar-refractivity contribution in [3.8, 4) is 0 Å². The number of methoxy groups -OCH3 is 1. The van der Waals surface area contributed by atoms with E-state index in [4.69, 9.17) is 0 Å². The normalized spacial score (nSPS) is 20.0. The number of aryl methyl sites for hydroxylation is 1. The Balaban J connectivity index is 1.39. The number of ketones is 1. The molecular formula is C24H30O4S3. The summed E-state index contributed by atoms with van der Waals surface area (Å²) < 4.78 is 5.92. The van der Waals surface area contributed by atoms with E-state index in [2.05, 4.69) is 41.1 Å². The van der Waals surface area contributed by atoms with Crippen molar-refractivity contribution in [1.82, 2.24) is 0 Å². The van der Waals surface area contributed by atoms with E-state index >= 15 is 0 Å². The number of thiophene rings is 1. The molecule has 0 saturated heterocycles. The molecule has 1 saturated carbocycles. The van der Waals surface area contributed by atoms with Crippen LogP contribution >= 0.6 is 34.9 Å². The molecule has 0 aliphatic heterocycles. The molecule has 31 heavy (non-hydrogen) atoms. The predicted octanol–water partition coefficient (Wildman–Crippen LogP) is 5.13. The number of carbonyl (C=O) groups is 2. The molecular weight excluding hydrogens is 448 g/mol. The van der Waals surface area contributed by atoms with Gasteiger partial charge in [-0.15, -0.1) is 23.1 Å². The summed E-state index contributed by atoms with van der Waals surface area (Å²) in [6, 6.07) is 10.6. The van der Waals surface area contributed by atoms with E-state index in [9.17, 15) is 14.7 Å². The van der Waals surface area contributed by atoms with Gasteiger partial charge in [-0.3, -0.25) is 9.59 Å². The number of fused-ring (bicyclic) bond motifs is 1. The summed E-state index contributed by atoms with van der Waals surface area (Å²) in [6.45, 7) is 0. The van der Waals surface area contributed by atoms with Gasteiger partial charge in [0.2, 0.25) is 0 Å². The highest BCUT2D eigenvalue weighted by Gasteiger charge is 2.33. The molecule has 0 radical (unpaired) electrons. The quantitative estimate of drug-likeness (QED) is 0.259. The number of benzene rings is 1. The summed E-state index contributed by atoms with van der Waals surface area (Å²) >= 11 is 5.08. The molecule has 2 aromatic rings. The van der Waals surface area contributed by atoms with E-state index in [0.29, 0.717) is 24.4 Å². The second-order valence-electron chi connectivity index (χ2n) is 7.68. The molecule has 1 aromatic heterocycles. The maximum absolute atomic E-state index is 12.3. The van der Waals surface area contributed by atoms with Crippen LogP contribution in [0.4, 0.5) is 0 Å². The van der Waals surface area contributed by atoms with Gasteiger partial charge in [0.1, 0.15) is 5.78 Å². The Labute approximate surface area is 196 Å².